The van der Waals surface area contributed by atoms with Crippen molar-refractivity contribution in [2.24, 2.45) is 0 Å². The summed E-state index contributed by atoms with van der Waals surface area (Å²) in [6, 6.07) is 8.53. The van der Waals surface area contributed by atoms with Crippen molar-refractivity contribution in [3.05, 3.63) is 36.2 Å². The minimum Gasteiger partial charge on any atom is -0.308 e. The standard InChI is InChI=1S/C14H19N3/c1-5-11-6-8-12(9-7-11)13-16-15-10-17(13)14(2,3)4/h6-10H,5H2,1-4H3. The van der Waals surface area contributed by atoms with E-state index in [-0.39, 0.29) is 5.54 Å². The normalized spacial score (nSPS) is 11.8. The monoisotopic (exact) mass is 229 g/mol. The zero-order chi connectivity index (χ0) is 12.5. The maximum atomic E-state index is 4.22. The second-order valence-electron chi connectivity index (χ2n) is 5.25. The van der Waals surface area contributed by atoms with Gasteiger partial charge in [0, 0.05) is 11.1 Å². The molecule has 0 bridgehead atoms. The number of aryl methyl sites for hydroxylation is 1. The molecule has 2 rings (SSSR count). The van der Waals surface area contributed by atoms with Gasteiger partial charge in [0.15, 0.2) is 5.82 Å². The van der Waals surface area contributed by atoms with Crippen LogP contribution in [0.5, 0.6) is 0 Å². The summed E-state index contributed by atoms with van der Waals surface area (Å²) < 4.78 is 2.11. The highest BCUT2D eigenvalue weighted by atomic mass is 15.3. The highest BCUT2D eigenvalue weighted by Crippen LogP contribution is 2.23. The molecule has 0 unspecified atom stereocenters. The molecule has 1 heterocycles. The van der Waals surface area contributed by atoms with E-state index in [4.69, 9.17) is 0 Å². The van der Waals surface area contributed by atoms with Crippen LogP contribution in [0.4, 0.5) is 0 Å². The molecule has 3 heteroatoms. The van der Waals surface area contributed by atoms with Crippen molar-refractivity contribution < 1.29 is 0 Å². The summed E-state index contributed by atoms with van der Waals surface area (Å²) in [4.78, 5) is 0. The lowest BCUT2D eigenvalue weighted by Gasteiger charge is -2.22. The lowest BCUT2D eigenvalue weighted by Crippen LogP contribution is -2.21. The third-order valence-corrected chi connectivity index (χ3v) is 2.89. The Bertz CT molecular complexity index is 489. The zero-order valence-electron chi connectivity index (χ0n) is 10.9. The Morgan fingerprint density at radius 3 is 2.29 bits per heavy atom. The molecule has 1 aromatic heterocycles. The molecule has 0 aliphatic rings. The second kappa shape index (κ2) is 4.32. The molecule has 0 aliphatic carbocycles. The Morgan fingerprint density at radius 2 is 1.76 bits per heavy atom. The van der Waals surface area contributed by atoms with Crippen LogP contribution in [0.1, 0.15) is 33.3 Å². The third-order valence-electron chi connectivity index (χ3n) is 2.89. The van der Waals surface area contributed by atoms with Crippen LogP contribution >= 0.6 is 0 Å². The molecule has 0 radical (unpaired) electrons. The Morgan fingerprint density at radius 1 is 1.12 bits per heavy atom. The van der Waals surface area contributed by atoms with Crippen LogP contribution in [-0.2, 0) is 12.0 Å². The van der Waals surface area contributed by atoms with E-state index in [1.165, 1.54) is 5.56 Å². The predicted octanol–water partition coefficient (Wildman–Crippen LogP) is 3.26. The molecule has 2 aromatic rings. The summed E-state index contributed by atoms with van der Waals surface area (Å²) in [5, 5.41) is 8.24. The molecule has 90 valence electrons. The smallest absolute Gasteiger partial charge is 0.164 e. The van der Waals surface area contributed by atoms with Crippen molar-refractivity contribution in [1.29, 1.82) is 0 Å². The van der Waals surface area contributed by atoms with Gasteiger partial charge in [-0.1, -0.05) is 31.2 Å². The van der Waals surface area contributed by atoms with Gasteiger partial charge >= 0.3 is 0 Å². The molecule has 0 spiro atoms. The molecule has 0 amide bonds. The van der Waals surface area contributed by atoms with Crippen LogP contribution in [0.2, 0.25) is 0 Å². The van der Waals surface area contributed by atoms with Crippen molar-refractivity contribution in [2.45, 2.75) is 39.7 Å². The number of hydrogen-bond donors (Lipinski definition) is 0. The third kappa shape index (κ3) is 2.38. The van der Waals surface area contributed by atoms with Gasteiger partial charge in [-0.3, -0.25) is 0 Å². The van der Waals surface area contributed by atoms with Gasteiger partial charge in [0.2, 0.25) is 0 Å². The average Bonchev–Trinajstić information content (AvgIpc) is 2.78. The van der Waals surface area contributed by atoms with E-state index in [2.05, 4.69) is 66.7 Å². The molecular weight excluding hydrogens is 210 g/mol. The molecule has 0 saturated heterocycles. The zero-order valence-corrected chi connectivity index (χ0v) is 10.9. The van der Waals surface area contributed by atoms with Crippen molar-refractivity contribution in [1.82, 2.24) is 14.8 Å². The fourth-order valence-corrected chi connectivity index (χ4v) is 1.81. The van der Waals surface area contributed by atoms with Gasteiger partial charge in [-0.05, 0) is 32.8 Å². The highest BCUT2D eigenvalue weighted by molar-refractivity contribution is 5.55. The van der Waals surface area contributed by atoms with Gasteiger partial charge < -0.3 is 4.57 Å². The molecule has 17 heavy (non-hydrogen) atoms. The Labute approximate surface area is 103 Å². The lowest BCUT2D eigenvalue weighted by atomic mass is 10.1. The average molecular weight is 229 g/mol. The van der Waals surface area contributed by atoms with Gasteiger partial charge in [-0.15, -0.1) is 10.2 Å². The van der Waals surface area contributed by atoms with Crippen molar-refractivity contribution in [2.75, 3.05) is 0 Å². The first kappa shape index (κ1) is 11.8. The Balaban J connectivity index is 2.43. The first-order valence-electron chi connectivity index (χ1n) is 6.02. The molecule has 0 aliphatic heterocycles. The van der Waals surface area contributed by atoms with Gasteiger partial charge in [-0.25, -0.2) is 0 Å². The minimum atomic E-state index is 0.00224. The van der Waals surface area contributed by atoms with E-state index in [0.29, 0.717) is 0 Å². The lowest BCUT2D eigenvalue weighted by molar-refractivity contribution is 0.400. The summed E-state index contributed by atoms with van der Waals surface area (Å²) in [5.74, 6) is 0.931. The molecule has 0 atom stereocenters. The first-order chi connectivity index (χ1) is 8.02. The summed E-state index contributed by atoms with van der Waals surface area (Å²) in [5.41, 5.74) is 2.47. The summed E-state index contributed by atoms with van der Waals surface area (Å²) >= 11 is 0. The Hall–Kier alpha value is -1.64. The van der Waals surface area contributed by atoms with E-state index >= 15 is 0 Å². The largest absolute Gasteiger partial charge is 0.308 e. The van der Waals surface area contributed by atoms with Crippen LogP contribution in [0.25, 0.3) is 11.4 Å². The van der Waals surface area contributed by atoms with Crippen molar-refractivity contribution >= 4 is 0 Å². The molecule has 0 fully saturated rings. The van der Waals surface area contributed by atoms with E-state index in [9.17, 15) is 0 Å². The Kier molecular flexibility index (Phi) is 3.01. The fraction of sp³-hybridized carbons (Fsp3) is 0.429. The number of aromatic nitrogens is 3. The SMILES string of the molecule is CCc1ccc(-c2nncn2C(C)(C)C)cc1. The van der Waals surface area contributed by atoms with Crippen molar-refractivity contribution in [3.63, 3.8) is 0 Å². The van der Waals surface area contributed by atoms with E-state index in [1.807, 2.05) is 0 Å². The maximum Gasteiger partial charge on any atom is 0.164 e. The van der Waals surface area contributed by atoms with Crippen LogP contribution in [0.15, 0.2) is 30.6 Å². The van der Waals surface area contributed by atoms with Gasteiger partial charge in [0.05, 0.1) is 0 Å². The van der Waals surface area contributed by atoms with Gasteiger partial charge in [-0.2, -0.15) is 0 Å². The number of nitrogens with zero attached hydrogens (tertiary/aromatic N) is 3. The quantitative estimate of drug-likeness (QED) is 0.791. The second-order valence-corrected chi connectivity index (χ2v) is 5.25. The summed E-state index contributed by atoms with van der Waals surface area (Å²) in [6.45, 7) is 8.62. The van der Waals surface area contributed by atoms with Crippen LogP contribution in [-0.4, -0.2) is 14.8 Å². The molecule has 3 nitrogen and oxygen atoms in total. The maximum absolute atomic E-state index is 4.22. The fourth-order valence-electron chi connectivity index (χ4n) is 1.81. The van der Waals surface area contributed by atoms with E-state index in [0.717, 1.165) is 17.8 Å². The molecule has 0 saturated carbocycles. The first-order valence-corrected chi connectivity index (χ1v) is 6.02. The minimum absolute atomic E-state index is 0.00224. The highest BCUT2D eigenvalue weighted by Gasteiger charge is 2.18. The molecule has 1 aromatic carbocycles. The van der Waals surface area contributed by atoms with Crippen LogP contribution < -0.4 is 0 Å². The van der Waals surface area contributed by atoms with Gasteiger partial charge in [0.25, 0.3) is 0 Å². The number of hydrogen-bond acceptors (Lipinski definition) is 2. The van der Waals surface area contributed by atoms with Crippen LogP contribution in [0.3, 0.4) is 0 Å². The predicted molar refractivity (Wildman–Crippen MR) is 69.8 cm³/mol. The van der Waals surface area contributed by atoms with E-state index < -0.39 is 0 Å². The van der Waals surface area contributed by atoms with Crippen LogP contribution in [0, 0.1) is 0 Å². The summed E-state index contributed by atoms with van der Waals surface area (Å²) in [7, 11) is 0. The number of rotatable bonds is 2. The van der Waals surface area contributed by atoms with Crippen molar-refractivity contribution in [3.8, 4) is 11.4 Å². The molecular formula is C14H19N3. The van der Waals surface area contributed by atoms with E-state index in [1.54, 1.807) is 6.33 Å². The molecule has 0 N–H and O–H groups in total. The van der Waals surface area contributed by atoms with Gasteiger partial charge in [0.1, 0.15) is 6.33 Å². The number of benzene rings is 1. The summed E-state index contributed by atoms with van der Waals surface area (Å²) in [6.07, 6.45) is 2.86. The topological polar surface area (TPSA) is 30.7 Å².